The SMILES string of the molecule is Cc1cc(C(=O)Nc2cc(Br)ccc2C#N)ccc1N. The molecule has 2 rings (SSSR count). The monoisotopic (exact) mass is 329 g/mol. The number of nitriles is 1. The first-order valence-corrected chi connectivity index (χ1v) is 6.67. The molecule has 20 heavy (non-hydrogen) atoms. The number of rotatable bonds is 2. The highest BCUT2D eigenvalue weighted by Gasteiger charge is 2.10. The van der Waals surface area contributed by atoms with Gasteiger partial charge >= 0.3 is 0 Å². The minimum Gasteiger partial charge on any atom is -0.399 e. The lowest BCUT2D eigenvalue weighted by molar-refractivity contribution is 0.102. The number of nitrogens with one attached hydrogen (secondary N) is 1. The summed E-state index contributed by atoms with van der Waals surface area (Å²) < 4.78 is 0.792. The minimum atomic E-state index is -0.275. The van der Waals surface area contributed by atoms with Gasteiger partial charge in [-0.15, -0.1) is 0 Å². The van der Waals surface area contributed by atoms with E-state index in [-0.39, 0.29) is 5.91 Å². The quantitative estimate of drug-likeness (QED) is 0.828. The van der Waals surface area contributed by atoms with Crippen LogP contribution in [0.2, 0.25) is 0 Å². The Morgan fingerprint density at radius 2 is 2.05 bits per heavy atom. The van der Waals surface area contributed by atoms with Crippen LogP contribution in [0.3, 0.4) is 0 Å². The largest absolute Gasteiger partial charge is 0.399 e. The molecule has 0 aromatic heterocycles. The van der Waals surface area contributed by atoms with Crippen molar-refractivity contribution >= 4 is 33.2 Å². The highest BCUT2D eigenvalue weighted by atomic mass is 79.9. The van der Waals surface area contributed by atoms with Gasteiger partial charge in [0.15, 0.2) is 0 Å². The molecule has 0 bridgehead atoms. The van der Waals surface area contributed by atoms with Gasteiger partial charge in [-0.1, -0.05) is 15.9 Å². The predicted octanol–water partition coefficient (Wildman–Crippen LogP) is 3.46. The number of anilines is 2. The van der Waals surface area contributed by atoms with E-state index in [1.165, 1.54) is 0 Å². The van der Waals surface area contributed by atoms with Crippen LogP contribution < -0.4 is 11.1 Å². The molecule has 100 valence electrons. The fraction of sp³-hybridized carbons (Fsp3) is 0.0667. The summed E-state index contributed by atoms with van der Waals surface area (Å²) in [6.07, 6.45) is 0. The van der Waals surface area contributed by atoms with E-state index in [1.54, 1.807) is 36.4 Å². The van der Waals surface area contributed by atoms with Crippen molar-refractivity contribution in [2.75, 3.05) is 11.1 Å². The van der Waals surface area contributed by atoms with E-state index < -0.39 is 0 Å². The molecule has 2 aromatic carbocycles. The molecule has 0 saturated carbocycles. The highest BCUT2D eigenvalue weighted by Crippen LogP contribution is 2.22. The van der Waals surface area contributed by atoms with Crippen LogP contribution in [-0.4, -0.2) is 5.91 Å². The van der Waals surface area contributed by atoms with Crippen molar-refractivity contribution < 1.29 is 4.79 Å². The standard InChI is InChI=1S/C15H12BrN3O/c1-9-6-10(3-5-13(9)18)15(20)19-14-7-12(16)4-2-11(14)8-17/h2-7H,18H2,1H3,(H,19,20). The van der Waals surface area contributed by atoms with Gasteiger partial charge in [-0.2, -0.15) is 5.26 Å². The molecule has 3 N–H and O–H groups in total. The van der Waals surface area contributed by atoms with Crippen molar-refractivity contribution in [1.82, 2.24) is 0 Å². The van der Waals surface area contributed by atoms with Gasteiger partial charge in [0.05, 0.1) is 11.3 Å². The topological polar surface area (TPSA) is 78.9 Å². The Labute approximate surface area is 125 Å². The predicted molar refractivity (Wildman–Crippen MR) is 82.4 cm³/mol. The van der Waals surface area contributed by atoms with E-state index in [9.17, 15) is 4.79 Å². The van der Waals surface area contributed by atoms with Gasteiger partial charge in [-0.3, -0.25) is 4.79 Å². The van der Waals surface area contributed by atoms with E-state index in [0.29, 0.717) is 22.5 Å². The number of hydrogen-bond acceptors (Lipinski definition) is 3. The van der Waals surface area contributed by atoms with Crippen LogP contribution in [-0.2, 0) is 0 Å². The van der Waals surface area contributed by atoms with Crippen molar-refractivity contribution in [3.05, 3.63) is 57.6 Å². The second-order valence-electron chi connectivity index (χ2n) is 4.33. The molecule has 0 atom stereocenters. The van der Waals surface area contributed by atoms with Crippen molar-refractivity contribution in [3.63, 3.8) is 0 Å². The molecule has 0 saturated heterocycles. The third-order valence-electron chi connectivity index (χ3n) is 2.88. The zero-order valence-electron chi connectivity index (χ0n) is 10.8. The lowest BCUT2D eigenvalue weighted by Gasteiger charge is -2.09. The van der Waals surface area contributed by atoms with Gasteiger partial charge in [-0.25, -0.2) is 0 Å². The van der Waals surface area contributed by atoms with E-state index in [2.05, 4.69) is 21.2 Å². The molecule has 4 nitrogen and oxygen atoms in total. The average Bonchev–Trinajstić information content (AvgIpc) is 2.42. The zero-order valence-corrected chi connectivity index (χ0v) is 12.4. The maximum absolute atomic E-state index is 12.2. The summed E-state index contributed by atoms with van der Waals surface area (Å²) in [5, 5.41) is 11.8. The number of nitrogens with two attached hydrogens (primary N) is 1. The lowest BCUT2D eigenvalue weighted by atomic mass is 10.1. The molecule has 2 aromatic rings. The summed E-state index contributed by atoms with van der Waals surface area (Å²) in [6.45, 7) is 1.84. The van der Waals surface area contributed by atoms with E-state index in [0.717, 1.165) is 10.0 Å². The van der Waals surface area contributed by atoms with Gasteiger partial charge < -0.3 is 11.1 Å². The summed E-state index contributed by atoms with van der Waals surface area (Å²) in [5.74, 6) is -0.275. The summed E-state index contributed by atoms with van der Waals surface area (Å²) in [7, 11) is 0. The second kappa shape index (κ2) is 5.76. The van der Waals surface area contributed by atoms with Crippen molar-refractivity contribution in [2.24, 2.45) is 0 Å². The molecule has 0 heterocycles. The number of carbonyl (C=O) groups is 1. The van der Waals surface area contributed by atoms with Gasteiger partial charge in [0, 0.05) is 15.7 Å². The summed E-state index contributed by atoms with van der Waals surface area (Å²) >= 11 is 3.32. The number of benzene rings is 2. The molecular weight excluding hydrogens is 318 g/mol. The third kappa shape index (κ3) is 2.98. The normalized spacial score (nSPS) is 9.85. The molecule has 0 aliphatic heterocycles. The lowest BCUT2D eigenvalue weighted by Crippen LogP contribution is -2.13. The number of nitrogens with zero attached hydrogens (tertiary/aromatic N) is 1. The molecule has 0 unspecified atom stereocenters. The summed E-state index contributed by atoms with van der Waals surface area (Å²) in [4.78, 5) is 12.2. The number of halogens is 1. The molecule has 5 heteroatoms. The van der Waals surface area contributed by atoms with Crippen molar-refractivity contribution in [3.8, 4) is 6.07 Å². The van der Waals surface area contributed by atoms with Crippen LogP contribution in [0, 0.1) is 18.3 Å². The van der Waals surface area contributed by atoms with Gasteiger partial charge in [0.25, 0.3) is 5.91 Å². The Hall–Kier alpha value is -2.32. The first kappa shape index (κ1) is 14.1. The molecule has 0 aliphatic rings. The third-order valence-corrected chi connectivity index (χ3v) is 3.38. The molecule has 0 spiro atoms. The summed E-state index contributed by atoms with van der Waals surface area (Å²) in [6, 6.07) is 12.2. The number of amides is 1. The molecule has 0 aliphatic carbocycles. The fourth-order valence-corrected chi connectivity index (χ4v) is 2.09. The maximum Gasteiger partial charge on any atom is 0.255 e. The second-order valence-corrected chi connectivity index (χ2v) is 5.24. The minimum absolute atomic E-state index is 0.275. The van der Waals surface area contributed by atoms with Crippen LogP contribution in [0.1, 0.15) is 21.5 Å². The average molecular weight is 330 g/mol. The van der Waals surface area contributed by atoms with Crippen LogP contribution in [0.25, 0.3) is 0 Å². The molecule has 1 amide bonds. The highest BCUT2D eigenvalue weighted by molar-refractivity contribution is 9.10. The Morgan fingerprint density at radius 1 is 1.30 bits per heavy atom. The van der Waals surface area contributed by atoms with Crippen molar-refractivity contribution in [2.45, 2.75) is 6.92 Å². The Kier molecular flexibility index (Phi) is 4.06. The van der Waals surface area contributed by atoms with Gasteiger partial charge in [0.2, 0.25) is 0 Å². The maximum atomic E-state index is 12.2. The van der Waals surface area contributed by atoms with Crippen molar-refractivity contribution in [1.29, 1.82) is 5.26 Å². The van der Waals surface area contributed by atoms with Crippen LogP contribution in [0.4, 0.5) is 11.4 Å². The Balaban J connectivity index is 2.30. The first-order chi connectivity index (χ1) is 9.51. The zero-order chi connectivity index (χ0) is 14.7. The van der Waals surface area contributed by atoms with E-state index in [1.807, 2.05) is 13.0 Å². The van der Waals surface area contributed by atoms with Crippen LogP contribution in [0.5, 0.6) is 0 Å². The van der Waals surface area contributed by atoms with E-state index >= 15 is 0 Å². The number of hydrogen-bond donors (Lipinski definition) is 2. The van der Waals surface area contributed by atoms with Gasteiger partial charge in [-0.05, 0) is 48.9 Å². The van der Waals surface area contributed by atoms with Crippen LogP contribution in [0.15, 0.2) is 40.9 Å². The molecular formula is C15H12BrN3O. The summed E-state index contributed by atoms with van der Waals surface area (Å²) in [5.41, 5.74) is 8.59. The van der Waals surface area contributed by atoms with E-state index in [4.69, 9.17) is 11.0 Å². The van der Waals surface area contributed by atoms with Crippen LogP contribution >= 0.6 is 15.9 Å². The molecule has 0 fully saturated rings. The van der Waals surface area contributed by atoms with Gasteiger partial charge in [0.1, 0.15) is 6.07 Å². The Bertz CT molecular complexity index is 720. The number of carbonyl (C=O) groups excluding carboxylic acids is 1. The Morgan fingerprint density at radius 3 is 2.70 bits per heavy atom. The fourth-order valence-electron chi connectivity index (χ4n) is 1.73. The number of nitrogen functional groups attached to an aromatic ring is 1. The number of aryl methyl sites for hydroxylation is 1. The first-order valence-electron chi connectivity index (χ1n) is 5.88. The molecule has 0 radical (unpaired) electrons. The smallest absolute Gasteiger partial charge is 0.255 e.